The van der Waals surface area contributed by atoms with E-state index >= 15 is 0 Å². The molecule has 3 aliphatic rings. The Hall–Kier alpha value is -3.37. The molecule has 0 radical (unpaired) electrons. The molecule has 4 heterocycles. The molecule has 0 spiro atoms. The van der Waals surface area contributed by atoms with Crippen molar-refractivity contribution in [2.75, 3.05) is 30.4 Å². The summed E-state index contributed by atoms with van der Waals surface area (Å²) in [4.78, 5) is 7.09. The van der Waals surface area contributed by atoms with E-state index in [0.29, 0.717) is 42.5 Å². The molecule has 1 N–H and O–H groups in total. The van der Waals surface area contributed by atoms with Crippen LogP contribution in [0.3, 0.4) is 0 Å². The third-order valence-corrected chi connectivity index (χ3v) is 7.89. The molecule has 2 unspecified atom stereocenters. The van der Waals surface area contributed by atoms with Crippen LogP contribution in [0.4, 0.5) is 24.8 Å². The Bertz CT molecular complexity index is 1250. The van der Waals surface area contributed by atoms with E-state index in [-0.39, 0.29) is 11.6 Å². The highest BCUT2D eigenvalue weighted by Crippen LogP contribution is 2.41. The number of benzene rings is 1. The SMILES string of the molecule is COc1cc(N2CC3CC[C@@H](C2)C3Nc2nc3n(n2)CCCC[C@H]3c2ccc(F)c(F)c2F)cnn1. The predicted octanol–water partition coefficient (Wildman–Crippen LogP) is 4.14. The molecule has 3 aromatic rings. The van der Waals surface area contributed by atoms with Crippen molar-refractivity contribution in [3.63, 3.8) is 0 Å². The monoisotopic (exact) mass is 499 g/mol. The van der Waals surface area contributed by atoms with E-state index in [1.54, 1.807) is 18.0 Å². The van der Waals surface area contributed by atoms with E-state index in [4.69, 9.17) is 14.8 Å². The van der Waals surface area contributed by atoms with E-state index in [9.17, 15) is 13.2 Å². The van der Waals surface area contributed by atoms with Gasteiger partial charge in [0.2, 0.25) is 11.8 Å². The number of nitrogens with one attached hydrogen (secondary N) is 1. The number of halogens is 3. The molecule has 2 aromatic heterocycles. The first-order valence-electron chi connectivity index (χ1n) is 12.5. The summed E-state index contributed by atoms with van der Waals surface area (Å²) in [6.07, 6.45) is 6.27. The first-order chi connectivity index (χ1) is 17.5. The van der Waals surface area contributed by atoms with Crippen LogP contribution in [0.15, 0.2) is 24.4 Å². The van der Waals surface area contributed by atoms with E-state index in [1.807, 2.05) is 6.07 Å². The van der Waals surface area contributed by atoms with Gasteiger partial charge in [-0.25, -0.2) is 17.9 Å². The smallest absolute Gasteiger partial charge is 0.242 e. The van der Waals surface area contributed by atoms with Gasteiger partial charge >= 0.3 is 0 Å². The molecule has 1 aromatic carbocycles. The van der Waals surface area contributed by atoms with Crippen molar-refractivity contribution >= 4 is 11.6 Å². The second-order valence-corrected chi connectivity index (χ2v) is 9.96. The highest BCUT2D eigenvalue weighted by atomic mass is 19.2. The van der Waals surface area contributed by atoms with Gasteiger partial charge in [0.25, 0.3) is 0 Å². The molecule has 2 aliphatic heterocycles. The summed E-state index contributed by atoms with van der Waals surface area (Å²) in [5.41, 5.74) is 1.13. The lowest BCUT2D eigenvalue weighted by Crippen LogP contribution is -2.48. The molecule has 190 valence electrons. The summed E-state index contributed by atoms with van der Waals surface area (Å²) in [6.45, 7) is 2.41. The van der Waals surface area contributed by atoms with Gasteiger partial charge in [0.05, 0.1) is 19.0 Å². The van der Waals surface area contributed by atoms with E-state index < -0.39 is 23.4 Å². The highest BCUT2D eigenvalue weighted by Gasteiger charge is 2.43. The third-order valence-electron chi connectivity index (χ3n) is 7.89. The van der Waals surface area contributed by atoms with E-state index in [1.165, 1.54) is 6.07 Å². The Morgan fingerprint density at radius 1 is 1.03 bits per heavy atom. The number of rotatable bonds is 5. The second-order valence-electron chi connectivity index (χ2n) is 9.96. The van der Waals surface area contributed by atoms with Crippen molar-refractivity contribution in [3.05, 3.63) is 53.2 Å². The Morgan fingerprint density at radius 3 is 2.61 bits per heavy atom. The Balaban J connectivity index is 1.23. The van der Waals surface area contributed by atoms with Gasteiger partial charge in [-0.05, 0) is 43.6 Å². The lowest BCUT2D eigenvalue weighted by atomic mass is 9.92. The van der Waals surface area contributed by atoms with Crippen LogP contribution < -0.4 is 15.0 Å². The van der Waals surface area contributed by atoms with Crippen LogP contribution in [0.1, 0.15) is 49.4 Å². The average molecular weight is 500 g/mol. The van der Waals surface area contributed by atoms with Crippen LogP contribution in [0.25, 0.3) is 0 Å². The zero-order valence-corrected chi connectivity index (χ0v) is 20.0. The fourth-order valence-corrected chi connectivity index (χ4v) is 6.11. The fraction of sp³-hybridized carbons (Fsp3) is 0.520. The van der Waals surface area contributed by atoms with Gasteiger partial charge in [0.15, 0.2) is 17.5 Å². The third kappa shape index (κ3) is 4.04. The van der Waals surface area contributed by atoms with Gasteiger partial charge in [-0.2, -0.15) is 10.1 Å². The van der Waals surface area contributed by atoms with Crippen molar-refractivity contribution in [1.82, 2.24) is 25.0 Å². The van der Waals surface area contributed by atoms with Crippen LogP contribution in [0.5, 0.6) is 5.88 Å². The molecule has 0 amide bonds. The summed E-state index contributed by atoms with van der Waals surface area (Å²) in [5.74, 6) is -1.81. The molecule has 4 atom stereocenters. The van der Waals surface area contributed by atoms with Gasteiger partial charge in [-0.15, -0.1) is 10.2 Å². The second kappa shape index (κ2) is 9.25. The zero-order chi connectivity index (χ0) is 24.8. The molecule has 1 saturated carbocycles. The molecule has 8 nitrogen and oxygen atoms in total. The number of nitrogens with zero attached hydrogens (tertiary/aromatic N) is 6. The number of hydrogen-bond donors (Lipinski definition) is 1. The minimum atomic E-state index is -1.44. The van der Waals surface area contributed by atoms with E-state index in [0.717, 1.165) is 50.5 Å². The summed E-state index contributed by atoms with van der Waals surface area (Å²) >= 11 is 0. The maximum Gasteiger partial charge on any atom is 0.242 e. The fourth-order valence-electron chi connectivity index (χ4n) is 6.11. The number of ether oxygens (including phenoxy) is 1. The largest absolute Gasteiger partial charge is 0.480 e. The molecule has 1 aliphatic carbocycles. The number of anilines is 2. The minimum absolute atomic E-state index is 0.130. The van der Waals surface area contributed by atoms with Crippen molar-refractivity contribution in [2.45, 2.75) is 50.6 Å². The van der Waals surface area contributed by atoms with Crippen molar-refractivity contribution in [2.24, 2.45) is 11.8 Å². The van der Waals surface area contributed by atoms with Gasteiger partial charge < -0.3 is 15.0 Å². The molecular weight excluding hydrogens is 471 g/mol. The van der Waals surface area contributed by atoms with Crippen LogP contribution >= 0.6 is 0 Å². The Labute approximate surface area is 206 Å². The maximum atomic E-state index is 14.7. The summed E-state index contributed by atoms with van der Waals surface area (Å²) in [6, 6.07) is 4.45. The molecular formula is C25H28F3N7O. The minimum Gasteiger partial charge on any atom is -0.480 e. The van der Waals surface area contributed by atoms with Crippen LogP contribution in [-0.2, 0) is 6.54 Å². The number of piperidine rings is 1. The number of aromatic nitrogens is 5. The van der Waals surface area contributed by atoms with Crippen LogP contribution in [0, 0.1) is 29.3 Å². The quantitative estimate of drug-likeness (QED) is 0.529. The lowest BCUT2D eigenvalue weighted by molar-refractivity contribution is 0.372. The first kappa shape index (κ1) is 23.1. The molecule has 2 fully saturated rings. The number of methoxy groups -OCH3 is 1. The Kier molecular flexibility index (Phi) is 5.93. The molecule has 2 bridgehead atoms. The number of hydrogen-bond acceptors (Lipinski definition) is 7. The number of aryl methyl sites for hydroxylation is 1. The first-order valence-corrected chi connectivity index (χ1v) is 12.5. The normalized spacial score (nSPS) is 25.4. The van der Waals surface area contributed by atoms with Gasteiger partial charge in [0.1, 0.15) is 5.82 Å². The van der Waals surface area contributed by atoms with Crippen LogP contribution in [-0.4, -0.2) is 51.2 Å². The highest BCUT2D eigenvalue weighted by molar-refractivity contribution is 5.48. The Morgan fingerprint density at radius 2 is 1.83 bits per heavy atom. The van der Waals surface area contributed by atoms with Crippen molar-refractivity contribution in [1.29, 1.82) is 0 Å². The summed E-state index contributed by atoms with van der Waals surface area (Å²) in [5, 5.41) is 16.3. The number of fused-ring (bicyclic) bond motifs is 3. The van der Waals surface area contributed by atoms with E-state index in [2.05, 4.69) is 20.4 Å². The topological polar surface area (TPSA) is 81.0 Å². The molecule has 1 saturated heterocycles. The van der Waals surface area contributed by atoms with Crippen molar-refractivity contribution < 1.29 is 17.9 Å². The lowest BCUT2D eigenvalue weighted by Gasteiger charge is -2.39. The summed E-state index contributed by atoms with van der Waals surface area (Å²) < 4.78 is 49.3. The summed E-state index contributed by atoms with van der Waals surface area (Å²) in [7, 11) is 1.58. The molecule has 6 rings (SSSR count). The van der Waals surface area contributed by atoms with Gasteiger partial charge in [0, 0.05) is 43.2 Å². The standard InChI is InChI=1S/C25H28F3N7O/c1-36-20-10-16(11-29-32-20)34-12-14-5-6-15(13-34)23(14)30-25-31-24-18(4-2-3-9-35(24)33-25)17-7-8-19(26)22(28)21(17)27/h7-8,10-11,14-15,18,23H,2-6,9,12-13H2,1H3,(H,30,33)/t14-,15?,18-,23?/m0/s1. The average Bonchev–Trinajstić information content (AvgIpc) is 3.30. The predicted molar refractivity (Wildman–Crippen MR) is 126 cm³/mol. The maximum absolute atomic E-state index is 14.7. The van der Waals surface area contributed by atoms with Gasteiger partial charge in [-0.3, -0.25) is 0 Å². The zero-order valence-electron chi connectivity index (χ0n) is 20.0. The van der Waals surface area contributed by atoms with Crippen molar-refractivity contribution in [3.8, 4) is 5.88 Å². The van der Waals surface area contributed by atoms with Gasteiger partial charge in [-0.1, -0.05) is 12.5 Å². The van der Waals surface area contributed by atoms with Crippen LogP contribution in [0.2, 0.25) is 0 Å². The molecule has 36 heavy (non-hydrogen) atoms. The molecule has 11 heteroatoms.